The lowest BCUT2D eigenvalue weighted by atomic mass is 10.2. The van der Waals surface area contributed by atoms with E-state index in [9.17, 15) is 0 Å². The Morgan fingerprint density at radius 3 is 2.93 bits per heavy atom. The molecule has 2 nitrogen and oxygen atoms in total. The third-order valence-corrected chi connectivity index (χ3v) is 2.02. The van der Waals surface area contributed by atoms with E-state index in [0.29, 0.717) is 29.4 Å². The van der Waals surface area contributed by atoms with Crippen LogP contribution in [0.1, 0.15) is 18.4 Å². The quantitative estimate of drug-likeness (QED) is 0.576. The molecule has 0 bridgehead atoms. The summed E-state index contributed by atoms with van der Waals surface area (Å²) in [6.45, 7) is 0.499. The molecule has 3 heteroatoms. The van der Waals surface area contributed by atoms with E-state index in [1.807, 2.05) is 6.07 Å². The van der Waals surface area contributed by atoms with E-state index < -0.39 is 0 Å². The molecule has 1 aromatic rings. The molecule has 1 rings (SSSR count). The largest absolute Gasteiger partial charge is 0.492 e. The van der Waals surface area contributed by atoms with Crippen LogP contribution >= 0.6 is 11.6 Å². The van der Waals surface area contributed by atoms with Crippen molar-refractivity contribution in [1.29, 1.82) is 5.26 Å². The number of hydrogen-bond donors (Lipinski definition) is 0. The summed E-state index contributed by atoms with van der Waals surface area (Å²) in [5, 5.41) is 9.36. The van der Waals surface area contributed by atoms with Crippen molar-refractivity contribution in [2.75, 3.05) is 6.61 Å². The zero-order valence-electron chi connectivity index (χ0n) is 8.16. The van der Waals surface area contributed by atoms with Gasteiger partial charge in [-0.25, -0.2) is 0 Å². The van der Waals surface area contributed by atoms with Gasteiger partial charge in [0.25, 0.3) is 0 Å². The molecule has 0 unspecified atom stereocenters. The fourth-order valence-corrected chi connectivity index (χ4v) is 1.23. The summed E-state index contributed by atoms with van der Waals surface area (Å²) in [4.78, 5) is 0. The van der Waals surface area contributed by atoms with Gasteiger partial charge in [-0.05, 0) is 18.6 Å². The minimum atomic E-state index is 0.486. The maximum atomic E-state index is 8.81. The predicted molar refractivity (Wildman–Crippen MR) is 59.7 cm³/mol. The third kappa shape index (κ3) is 3.54. The molecule has 0 aliphatic heterocycles. The summed E-state index contributed by atoms with van der Waals surface area (Å²) >= 11 is 5.79. The number of hydrogen-bond acceptors (Lipinski definition) is 2. The molecule has 15 heavy (non-hydrogen) atoms. The number of terminal acetylenes is 1. The first-order valence-electron chi connectivity index (χ1n) is 4.54. The van der Waals surface area contributed by atoms with Crippen LogP contribution in [-0.2, 0) is 0 Å². The van der Waals surface area contributed by atoms with E-state index in [-0.39, 0.29) is 0 Å². The highest BCUT2D eigenvalue weighted by Gasteiger charge is 2.03. The van der Waals surface area contributed by atoms with Crippen molar-refractivity contribution in [3.8, 4) is 24.2 Å². The Hall–Kier alpha value is -1.64. The maximum absolute atomic E-state index is 8.81. The Balaban J connectivity index is 2.64. The molecule has 0 aliphatic rings. The third-order valence-electron chi connectivity index (χ3n) is 1.79. The van der Waals surface area contributed by atoms with Gasteiger partial charge in [-0.3, -0.25) is 0 Å². The zero-order valence-corrected chi connectivity index (χ0v) is 8.92. The van der Waals surface area contributed by atoms with Gasteiger partial charge in [-0.15, -0.1) is 12.3 Å². The molecule has 76 valence electrons. The zero-order chi connectivity index (χ0) is 11.1. The molecule has 0 heterocycles. The lowest BCUT2D eigenvalue weighted by molar-refractivity contribution is 0.312. The van der Waals surface area contributed by atoms with Crippen molar-refractivity contribution >= 4 is 11.6 Å². The van der Waals surface area contributed by atoms with Gasteiger partial charge in [0.2, 0.25) is 0 Å². The van der Waals surface area contributed by atoms with Crippen molar-refractivity contribution in [3.63, 3.8) is 0 Å². The molecule has 0 N–H and O–H groups in total. The molecule has 0 spiro atoms. The monoisotopic (exact) mass is 219 g/mol. The van der Waals surface area contributed by atoms with E-state index in [1.54, 1.807) is 18.2 Å². The Labute approximate surface area is 94.4 Å². The van der Waals surface area contributed by atoms with Crippen LogP contribution in [0.15, 0.2) is 18.2 Å². The molecular formula is C12H10ClNO. The standard InChI is InChI=1S/C12H10ClNO/c1-2-3-4-7-15-12-8-11(13)6-5-10(12)9-14/h1,5-6,8H,3-4,7H2. The van der Waals surface area contributed by atoms with Crippen LogP contribution in [-0.4, -0.2) is 6.61 Å². The van der Waals surface area contributed by atoms with E-state index in [0.717, 1.165) is 6.42 Å². The van der Waals surface area contributed by atoms with Crippen LogP contribution in [0.2, 0.25) is 5.02 Å². The second kappa shape index (κ2) is 5.96. The molecule has 0 fully saturated rings. The van der Waals surface area contributed by atoms with Gasteiger partial charge >= 0.3 is 0 Å². The molecule has 0 saturated carbocycles. The SMILES string of the molecule is C#CCCCOc1cc(Cl)ccc1C#N. The number of benzene rings is 1. The number of unbranched alkanes of at least 4 members (excludes halogenated alkanes) is 1. The van der Waals surface area contributed by atoms with Gasteiger partial charge in [0.1, 0.15) is 11.8 Å². The molecule has 0 amide bonds. The Bertz CT molecular complexity index is 415. The van der Waals surface area contributed by atoms with E-state index >= 15 is 0 Å². The fraction of sp³-hybridized carbons (Fsp3) is 0.250. The highest BCUT2D eigenvalue weighted by molar-refractivity contribution is 6.30. The van der Waals surface area contributed by atoms with Crippen molar-refractivity contribution in [2.45, 2.75) is 12.8 Å². The Morgan fingerprint density at radius 1 is 1.47 bits per heavy atom. The lowest BCUT2D eigenvalue weighted by Crippen LogP contribution is -1.98. The normalized spacial score (nSPS) is 9.00. The van der Waals surface area contributed by atoms with Crippen LogP contribution in [0.3, 0.4) is 0 Å². The topological polar surface area (TPSA) is 33.0 Å². The lowest BCUT2D eigenvalue weighted by Gasteiger charge is -2.06. The maximum Gasteiger partial charge on any atom is 0.138 e. The van der Waals surface area contributed by atoms with Crippen LogP contribution in [0, 0.1) is 23.7 Å². The molecule has 0 aliphatic carbocycles. The highest BCUT2D eigenvalue weighted by atomic mass is 35.5. The molecule has 1 aromatic carbocycles. The van der Waals surface area contributed by atoms with Gasteiger partial charge in [0, 0.05) is 17.5 Å². The first-order chi connectivity index (χ1) is 7.27. The van der Waals surface area contributed by atoms with Crippen LogP contribution in [0.25, 0.3) is 0 Å². The van der Waals surface area contributed by atoms with Crippen LogP contribution in [0.4, 0.5) is 0 Å². The number of nitrogens with zero attached hydrogens (tertiary/aromatic N) is 1. The molecule has 0 radical (unpaired) electrons. The Morgan fingerprint density at radius 2 is 2.27 bits per heavy atom. The minimum Gasteiger partial charge on any atom is -0.492 e. The van der Waals surface area contributed by atoms with Crippen molar-refractivity contribution in [3.05, 3.63) is 28.8 Å². The fourth-order valence-electron chi connectivity index (χ4n) is 1.06. The average molecular weight is 220 g/mol. The predicted octanol–water partition coefficient (Wildman–Crippen LogP) is 3.00. The highest BCUT2D eigenvalue weighted by Crippen LogP contribution is 2.22. The first-order valence-corrected chi connectivity index (χ1v) is 4.91. The van der Waals surface area contributed by atoms with E-state index in [4.69, 9.17) is 28.0 Å². The van der Waals surface area contributed by atoms with Gasteiger partial charge in [-0.1, -0.05) is 11.6 Å². The summed E-state index contributed by atoms with van der Waals surface area (Å²) in [6.07, 6.45) is 6.55. The summed E-state index contributed by atoms with van der Waals surface area (Å²) in [5.41, 5.74) is 0.486. The molecular weight excluding hydrogens is 210 g/mol. The summed E-state index contributed by atoms with van der Waals surface area (Å²) < 4.78 is 5.41. The smallest absolute Gasteiger partial charge is 0.138 e. The molecule has 0 aromatic heterocycles. The van der Waals surface area contributed by atoms with Gasteiger partial charge in [0.15, 0.2) is 0 Å². The number of nitriles is 1. The number of halogens is 1. The van der Waals surface area contributed by atoms with E-state index in [2.05, 4.69) is 5.92 Å². The molecule has 0 saturated heterocycles. The second-order valence-electron chi connectivity index (χ2n) is 2.91. The van der Waals surface area contributed by atoms with Gasteiger partial charge < -0.3 is 4.74 Å². The Kier molecular flexibility index (Phi) is 4.54. The van der Waals surface area contributed by atoms with Crippen molar-refractivity contribution < 1.29 is 4.74 Å². The number of rotatable bonds is 4. The summed E-state index contributed by atoms with van der Waals surface area (Å²) in [7, 11) is 0. The molecule has 0 atom stereocenters. The first kappa shape index (κ1) is 11.4. The van der Waals surface area contributed by atoms with Gasteiger partial charge in [-0.2, -0.15) is 5.26 Å². The second-order valence-corrected chi connectivity index (χ2v) is 3.34. The summed E-state index contributed by atoms with van der Waals surface area (Å²) in [5.74, 6) is 3.04. The summed E-state index contributed by atoms with van der Waals surface area (Å²) in [6, 6.07) is 6.97. The minimum absolute atomic E-state index is 0.486. The van der Waals surface area contributed by atoms with E-state index in [1.165, 1.54) is 0 Å². The van der Waals surface area contributed by atoms with Crippen molar-refractivity contribution in [1.82, 2.24) is 0 Å². The van der Waals surface area contributed by atoms with Gasteiger partial charge in [0.05, 0.1) is 12.2 Å². The van der Waals surface area contributed by atoms with Crippen LogP contribution in [0.5, 0.6) is 5.75 Å². The average Bonchev–Trinajstić information content (AvgIpc) is 2.25. The van der Waals surface area contributed by atoms with Crippen molar-refractivity contribution in [2.24, 2.45) is 0 Å². The van der Waals surface area contributed by atoms with Crippen LogP contribution < -0.4 is 4.74 Å². The number of ether oxygens (including phenoxy) is 1.